The fraction of sp³-hybridized carbons (Fsp3) is 0.211. The largest absolute Gasteiger partial charge is 0.491 e. The molecule has 0 aliphatic heterocycles. The van der Waals surface area contributed by atoms with Crippen molar-refractivity contribution in [2.45, 2.75) is 12.5 Å². The second kappa shape index (κ2) is 8.90. The summed E-state index contributed by atoms with van der Waals surface area (Å²) in [6.07, 6.45) is 3.83. The Hall–Kier alpha value is -2.01. The molecule has 0 aliphatic carbocycles. The normalized spacial score (nSPS) is 12.1. The van der Waals surface area contributed by atoms with E-state index in [0.29, 0.717) is 29.7 Å². The average Bonchev–Trinajstić information content (AvgIpc) is 3.15. The molecule has 0 fully saturated rings. The van der Waals surface area contributed by atoms with E-state index in [1.54, 1.807) is 18.5 Å². The van der Waals surface area contributed by atoms with Crippen LogP contribution in [0.2, 0.25) is 10.0 Å². The van der Waals surface area contributed by atoms with Gasteiger partial charge in [-0.05, 0) is 29.8 Å². The van der Waals surface area contributed by atoms with Crippen LogP contribution in [0.15, 0.2) is 60.9 Å². The van der Waals surface area contributed by atoms with E-state index in [0.717, 1.165) is 17.1 Å². The molecule has 3 rings (SSSR count). The van der Waals surface area contributed by atoms with Crippen molar-refractivity contribution in [3.8, 4) is 5.75 Å². The minimum absolute atomic E-state index is 0.243. The number of rotatable bonds is 8. The third-order valence-corrected chi connectivity index (χ3v) is 4.25. The second-order valence-electron chi connectivity index (χ2n) is 5.44. The van der Waals surface area contributed by atoms with E-state index in [1.165, 1.54) is 0 Å². The highest BCUT2D eigenvalue weighted by Crippen LogP contribution is 2.27. The van der Waals surface area contributed by atoms with E-state index >= 15 is 0 Å². The Morgan fingerprint density at radius 3 is 2.60 bits per heavy atom. The zero-order valence-electron chi connectivity index (χ0n) is 13.5. The van der Waals surface area contributed by atoms with Gasteiger partial charge in [0.05, 0.1) is 6.61 Å². The standard InChI is InChI=1S/C19H18Cl2N2O2/c20-15-7-6-14(17(21)13-15)12-18(19-22-8-9-23-19)25-11-10-24-16-4-2-1-3-5-16/h1-9,13,18H,10-12H2,(H,22,23). The molecule has 1 N–H and O–H groups in total. The molecule has 1 aromatic heterocycles. The highest BCUT2D eigenvalue weighted by Gasteiger charge is 2.17. The van der Waals surface area contributed by atoms with Gasteiger partial charge in [-0.3, -0.25) is 0 Å². The first kappa shape index (κ1) is 17.8. The molecule has 4 nitrogen and oxygen atoms in total. The van der Waals surface area contributed by atoms with Crippen LogP contribution in [-0.4, -0.2) is 23.2 Å². The number of H-pyrrole nitrogens is 1. The minimum atomic E-state index is -0.243. The molecule has 0 saturated heterocycles. The number of aromatic nitrogens is 2. The third kappa shape index (κ3) is 5.23. The summed E-state index contributed by atoms with van der Waals surface area (Å²) in [4.78, 5) is 7.41. The first-order valence-corrected chi connectivity index (χ1v) is 8.70. The van der Waals surface area contributed by atoms with Crippen LogP contribution in [-0.2, 0) is 11.2 Å². The summed E-state index contributed by atoms with van der Waals surface area (Å²) < 4.78 is 11.7. The van der Waals surface area contributed by atoms with Gasteiger partial charge in [0.2, 0.25) is 0 Å². The number of benzene rings is 2. The topological polar surface area (TPSA) is 47.1 Å². The summed E-state index contributed by atoms with van der Waals surface area (Å²) in [7, 11) is 0. The zero-order valence-corrected chi connectivity index (χ0v) is 15.0. The van der Waals surface area contributed by atoms with E-state index in [4.69, 9.17) is 32.7 Å². The SMILES string of the molecule is Clc1ccc(CC(OCCOc2ccccc2)c2ncc[nH]2)c(Cl)c1. The molecular formula is C19H18Cl2N2O2. The molecule has 0 aliphatic rings. The van der Waals surface area contributed by atoms with Crippen molar-refractivity contribution in [2.75, 3.05) is 13.2 Å². The molecular weight excluding hydrogens is 359 g/mol. The van der Waals surface area contributed by atoms with Crippen LogP contribution in [0.4, 0.5) is 0 Å². The van der Waals surface area contributed by atoms with Crippen molar-refractivity contribution in [3.63, 3.8) is 0 Å². The molecule has 6 heteroatoms. The van der Waals surface area contributed by atoms with Gasteiger partial charge in [0, 0.05) is 28.9 Å². The molecule has 130 valence electrons. The Labute approximate surface area is 156 Å². The van der Waals surface area contributed by atoms with Gasteiger partial charge < -0.3 is 14.5 Å². The fourth-order valence-corrected chi connectivity index (χ4v) is 2.93. The number of halogens is 2. The van der Waals surface area contributed by atoms with Crippen LogP contribution in [0.3, 0.4) is 0 Å². The summed E-state index contributed by atoms with van der Waals surface area (Å²) in [5.74, 6) is 1.58. The molecule has 1 heterocycles. The highest BCUT2D eigenvalue weighted by molar-refractivity contribution is 6.35. The van der Waals surface area contributed by atoms with E-state index in [2.05, 4.69) is 9.97 Å². The van der Waals surface area contributed by atoms with Crippen LogP contribution in [0.25, 0.3) is 0 Å². The Morgan fingerprint density at radius 1 is 1.04 bits per heavy atom. The average molecular weight is 377 g/mol. The molecule has 1 unspecified atom stereocenters. The van der Waals surface area contributed by atoms with Crippen molar-refractivity contribution in [2.24, 2.45) is 0 Å². The van der Waals surface area contributed by atoms with Gasteiger partial charge in [0.25, 0.3) is 0 Å². The van der Waals surface area contributed by atoms with Crippen LogP contribution in [0.5, 0.6) is 5.75 Å². The van der Waals surface area contributed by atoms with Gasteiger partial charge in [-0.2, -0.15) is 0 Å². The van der Waals surface area contributed by atoms with E-state index in [1.807, 2.05) is 42.5 Å². The summed E-state index contributed by atoms with van der Waals surface area (Å²) >= 11 is 12.2. The Kier molecular flexibility index (Phi) is 6.34. The second-order valence-corrected chi connectivity index (χ2v) is 6.28. The van der Waals surface area contributed by atoms with Crippen LogP contribution in [0, 0.1) is 0 Å². The molecule has 1 atom stereocenters. The smallest absolute Gasteiger partial charge is 0.135 e. The molecule has 0 saturated carbocycles. The third-order valence-electron chi connectivity index (χ3n) is 3.66. The van der Waals surface area contributed by atoms with Crippen molar-refractivity contribution in [1.82, 2.24) is 9.97 Å². The lowest BCUT2D eigenvalue weighted by atomic mass is 10.1. The number of nitrogens with one attached hydrogen (secondary N) is 1. The summed E-state index contributed by atoms with van der Waals surface area (Å²) in [5.41, 5.74) is 0.955. The molecule has 0 amide bonds. The monoisotopic (exact) mass is 376 g/mol. The molecule has 3 aromatic rings. The summed E-state index contributed by atoms with van der Waals surface area (Å²) in [5, 5.41) is 1.23. The molecule has 0 radical (unpaired) electrons. The van der Waals surface area contributed by atoms with Crippen molar-refractivity contribution in [1.29, 1.82) is 0 Å². The molecule has 25 heavy (non-hydrogen) atoms. The Balaban J connectivity index is 1.60. The predicted molar refractivity (Wildman–Crippen MR) is 99.4 cm³/mol. The zero-order chi connectivity index (χ0) is 17.5. The number of aromatic amines is 1. The summed E-state index contributed by atoms with van der Waals surface area (Å²) in [6.45, 7) is 0.890. The van der Waals surface area contributed by atoms with E-state index in [9.17, 15) is 0 Å². The number of nitrogens with zero attached hydrogens (tertiary/aromatic N) is 1. The lowest BCUT2D eigenvalue weighted by Gasteiger charge is -2.17. The first-order chi connectivity index (χ1) is 12.2. The van der Waals surface area contributed by atoms with Crippen LogP contribution >= 0.6 is 23.2 Å². The number of imidazole rings is 1. The lowest BCUT2D eigenvalue weighted by molar-refractivity contribution is 0.0284. The van der Waals surface area contributed by atoms with Gasteiger partial charge in [0.15, 0.2) is 0 Å². The highest BCUT2D eigenvalue weighted by atomic mass is 35.5. The number of hydrogen-bond donors (Lipinski definition) is 1. The first-order valence-electron chi connectivity index (χ1n) is 7.95. The van der Waals surface area contributed by atoms with Crippen molar-refractivity contribution >= 4 is 23.2 Å². The fourth-order valence-electron chi connectivity index (χ4n) is 2.44. The van der Waals surface area contributed by atoms with Crippen molar-refractivity contribution < 1.29 is 9.47 Å². The number of ether oxygens (including phenoxy) is 2. The molecule has 0 spiro atoms. The maximum absolute atomic E-state index is 6.28. The molecule has 2 aromatic carbocycles. The van der Waals surface area contributed by atoms with E-state index < -0.39 is 0 Å². The Morgan fingerprint density at radius 2 is 1.88 bits per heavy atom. The van der Waals surface area contributed by atoms with E-state index in [-0.39, 0.29) is 6.10 Å². The van der Waals surface area contributed by atoms with Gasteiger partial charge >= 0.3 is 0 Å². The van der Waals surface area contributed by atoms with Gasteiger partial charge in [0.1, 0.15) is 24.3 Å². The maximum Gasteiger partial charge on any atom is 0.135 e. The lowest BCUT2D eigenvalue weighted by Crippen LogP contribution is -2.15. The summed E-state index contributed by atoms with van der Waals surface area (Å²) in [6, 6.07) is 15.1. The number of para-hydroxylation sites is 1. The van der Waals surface area contributed by atoms with Gasteiger partial charge in [-0.25, -0.2) is 4.98 Å². The number of hydrogen-bond acceptors (Lipinski definition) is 3. The predicted octanol–water partition coefficient (Wildman–Crippen LogP) is 5.10. The quantitative estimate of drug-likeness (QED) is 0.556. The van der Waals surface area contributed by atoms with Crippen LogP contribution in [0.1, 0.15) is 17.5 Å². The molecule has 0 bridgehead atoms. The minimum Gasteiger partial charge on any atom is -0.491 e. The maximum atomic E-state index is 6.28. The van der Waals surface area contributed by atoms with Crippen LogP contribution < -0.4 is 4.74 Å². The Bertz CT molecular complexity index is 779. The van der Waals surface area contributed by atoms with Crippen molar-refractivity contribution in [3.05, 3.63) is 82.4 Å². The van der Waals surface area contributed by atoms with Gasteiger partial charge in [-0.1, -0.05) is 47.5 Å². The van der Waals surface area contributed by atoms with Gasteiger partial charge in [-0.15, -0.1) is 0 Å².